The maximum atomic E-state index is 12.8. The second kappa shape index (κ2) is 7.23. The van der Waals surface area contributed by atoms with E-state index < -0.39 is 0 Å². The van der Waals surface area contributed by atoms with Gasteiger partial charge in [-0.25, -0.2) is 4.68 Å². The summed E-state index contributed by atoms with van der Waals surface area (Å²) in [7, 11) is 0. The molecule has 0 spiro atoms. The molecule has 1 aromatic heterocycles. The fourth-order valence-electron chi connectivity index (χ4n) is 4.27. The van der Waals surface area contributed by atoms with Crippen LogP contribution >= 0.6 is 11.6 Å². The summed E-state index contributed by atoms with van der Waals surface area (Å²) >= 11 is 6.23. The maximum Gasteiger partial charge on any atom is 0.228 e. The van der Waals surface area contributed by atoms with E-state index >= 15 is 0 Å². The maximum absolute atomic E-state index is 12.8. The van der Waals surface area contributed by atoms with E-state index in [4.69, 9.17) is 11.6 Å². The standard InChI is InChI=1S/C20H22ClN3O2/c21-17-7-2-1-4-15(17)12-24-18(8-9-22-24)23-20(26)16-10-13-5-3-6-14(11-16)19(13)25/h1-2,4,7-9,13-14,16H,3,5-6,10-12H2,(H,23,26). The Morgan fingerprint density at radius 2 is 1.92 bits per heavy atom. The molecular formula is C20H22ClN3O2. The van der Waals surface area contributed by atoms with Crippen molar-refractivity contribution in [1.29, 1.82) is 0 Å². The first-order valence-corrected chi connectivity index (χ1v) is 9.59. The lowest BCUT2D eigenvalue weighted by molar-refractivity contribution is -0.136. The van der Waals surface area contributed by atoms with Gasteiger partial charge in [-0.05, 0) is 37.3 Å². The highest BCUT2D eigenvalue weighted by Crippen LogP contribution is 2.40. The molecule has 1 heterocycles. The van der Waals surface area contributed by atoms with Crippen LogP contribution < -0.4 is 5.32 Å². The van der Waals surface area contributed by atoms with Gasteiger partial charge in [0, 0.05) is 28.8 Å². The molecule has 2 saturated carbocycles. The molecular weight excluding hydrogens is 350 g/mol. The van der Waals surface area contributed by atoms with Crippen LogP contribution in [0.4, 0.5) is 5.82 Å². The van der Waals surface area contributed by atoms with Gasteiger partial charge in [0.1, 0.15) is 11.6 Å². The van der Waals surface area contributed by atoms with Crippen molar-refractivity contribution in [3.63, 3.8) is 0 Å². The second-order valence-corrected chi connectivity index (χ2v) is 7.76. The van der Waals surface area contributed by atoms with Crippen LogP contribution in [0.3, 0.4) is 0 Å². The number of hydrogen-bond acceptors (Lipinski definition) is 3. The Labute approximate surface area is 157 Å². The highest BCUT2D eigenvalue weighted by molar-refractivity contribution is 6.31. The smallest absolute Gasteiger partial charge is 0.228 e. The molecule has 5 nitrogen and oxygen atoms in total. The van der Waals surface area contributed by atoms with Crippen LogP contribution in [-0.2, 0) is 16.1 Å². The number of carbonyl (C=O) groups excluding carboxylic acids is 2. The minimum absolute atomic E-state index is 0.00434. The summed E-state index contributed by atoms with van der Waals surface area (Å²) in [5.74, 6) is 1.10. The van der Waals surface area contributed by atoms with E-state index in [9.17, 15) is 9.59 Å². The fourth-order valence-corrected chi connectivity index (χ4v) is 4.47. The number of carbonyl (C=O) groups is 2. The Balaban J connectivity index is 1.45. The number of nitrogens with zero attached hydrogens (tertiary/aromatic N) is 2. The number of Topliss-reactive ketones (excluding diaryl/α,β-unsaturated/α-hetero) is 1. The zero-order valence-corrected chi connectivity index (χ0v) is 15.3. The Kier molecular flexibility index (Phi) is 4.81. The predicted octanol–water partition coefficient (Wildman–Crippen LogP) is 3.92. The number of rotatable bonds is 4. The second-order valence-electron chi connectivity index (χ2n) is 7.35. The molecule has 2 aliphatic carbocycles. The van der Waals surface area contributed by atoms with E-state index in [2.05, 4.69) is 10.4 Å². The largest absolute Gasteiger partial charge is 0.311 e. The van der Waals surface area contributed by atoms with Gasteiger partial charge in [-0.2, -0.15) is 5.10 Å². The normalized spacial score (nSPS) is 25.1. The number of nitrogens with one attached hydrogen (secondary N) is 1. The molecule has 0 radical (unpaired) electrons. The van der Waals surface area contributed by atoms with E-state index in [0.29, 0.717) is 36.0 Å². The van der Waals surface area contributed by atoms with Crippen molar-refractivity contribution in [3.8, 4) is 0 Å². The summed E-state index contributed by atoms with van der Waals surface area (Å²) in [6, 6.07) is 9.41. The van der Waals surface area contributed by atoms with Crippen LogP contribution in [0.5, 0.6) is 0 Å². The Morgan fingerprint density at radius 3 is 2.65 bits per heavy atom. The molecule has 0 saturated heterocycles. The van der Waals surface area contributed by atoms with Crippen LogP contribution in [0, 0.1) is 17.8 Å². The van der Waals surface area contributed by atoms with Crippen LogP contribution in [0.1, 0.15) is 37.7 Å². The number of benzene rings is 1. The highest BCUT2D eigenvalue weighted by atomic mass is 35.5. The quantitative estimate of drug-likeness (QED) is 0.885. The van der Waals surface area contributed by atoms with Gasteiger partial charge in [0.2, 0.25) is 5.91 Å². The van der Waals surface area contributed by atoms with Crippen molar-refractivity contribution in [3.05, 3.63) is 47.1 Å². The molecule has 6 heteroatoms. The average molecular weight is 372 g/mol. The lowest BCUT2D eigenvalue weighted by Crippen LogP contribution is -2.40. The summed E-state index contributed by atoms with van der Waals surface area (Å²) in [6.07, 6.45) is 6.01. The van der Waals surface area contributed by atoms with E-state index in [1.807, 2.05) is 24.3 Å². The van der Waals surface area contributed by atoms with Crippen molar-refractivity contribution in [2.24, 2.45) is 17.8 Å². The molecule has 2 unspecified atom stereocenters. The van der Waals surface area contributed by atoms with Crippen molar-refractivity contribution in [1.82, 2.24) is 9.78 Å². The third kappa shape index (κ3) is 3.40. The number of halogens is 1. The first-order chi connectivity index (χ1) is 12.6. The van der Waals surface area contributed by atoms with E-state index in [1.54, 1.807) is 16.9 Å². The summed E-state index contributed by atoms with van der Waals surface area (Å²) in [5.41, 5.74) is 0.950. The lowest BCUT2D eigenvalue weighted by Gasteiger charge is -2.36. The van der Waals surface area contributed by atoms with Crippen molar-refractivity contribution in [2.45, 2.75) is 38.6 Å². The minimum atomic E-state index is -0.0911. The first-order valence-electron chi connectivity index (χ1n) is 9.21. The number of fused-ring (bicyclic) bond motifs is 2. The zero-order chi connectivity index (χ0) is 18.1. The van der Waals surface area contributed by atoms with Crippen LogP contribution in [-0.4, -0.2) is 21.5 Å². The average Bonchev–Trinajstić information content (AvgIpc) is 3.03. The summed E-state index contributed by atoms with van der Waals surface area (Å²) in [5, 5.41) is 8.00. The third-order valence-electron chi connectivity index (χ3n) is 5.66. The highest BCUT2D eigenvalue weighted by Gasteiger charge is 2.41. The van der Waals surface area contributed by atoms with Crippen LogP contribution in [0.2, 0.25) is 5.02 Å². The predicted molar refractivity (Wildman–Crippen MR) is 100.0 cm³/mol. The third-order valence-corrected chi connectivity index (χ3v) is 6.03. The topological polar surface area (TPSA) is 64.0 Å². The van der Waals surface area contributed by atoms with Gasteiger partial charge in [0.05, 0.1) is 12.7 Å². The van der Waals surface area contributed by atoms with E-state index in [0.717, 1.165) is 24.8 Å². The molecule has 0 aliphatic heterocycles. The van der Waals surface area contributed by atoms with E-state index in [1.165, 1.54) is 0 Å². The molecule has 26 heavy (non-hydrogen) atoms. The van der Waals surface area contributed by atoms with Gasteiger partial charge in [-0.3, -0.25) is 9.59 Å². The first kappa shape index (κ1) is 17.3. The Bertz CT molecular complexity index is 816. The van der Waals surface area contributed by atoms with Gasteiger partial charge in [-0.15, -0.1) is 0 Å². The summed E-state index contributed by atoms with van der Waals surface area (Å²) < 4.78 is 1.74. The summed E-state index contributed by atoms with van der Waals surface area (Å²) in [4.78, 5) is 25.0. The van der Waals surface area contributed by atoms with Gasteiger partial charge < -0.3 is 5.32 Å². The van der Waals surface area contributed by atoms with Crippen LogP contribution in [0.15, 0.2) is 36.5 Å². The molecule has 136 valence electrons. The molecule has 1 amide bonds. The van der Waals surface area contributed by atoms with E-state index in [-0.39, 0.29) is 23.7 Å². The summed E-state index contributed by atoms with van der Waals surface area (Å²) in [6.45, 7) is 0.497. The molecule has 2 bridgehead atoms. The van der Waals surface area contributed by atoms with Gasteiger partial charge in [0.25, 0.3) is 0 Å². The Hall–Kier alpha value is -2.14. The monoisotopic (exact) mass is 371 g/mol. The number of ketones is 1. The molecule has 2 atom stereocenters. The Morgan fingerprint density at radius 1 is 1.19 bits per heavy atom. The minimum Gasteiger partial charge on any atom is -0.311 e. The number of aromatic nitrogens is 2. The fraction of sp³-hybridized carbons (Fsp3) is 0.450. The SMILES string of the molecule is O=C(Nc1ccnn1Cc1ccccc1Cl)C1CC2CCCC(C1)C2=O. The van der Waals surface area contributed by atoms with Crippen molar-refractivity contribution in [2.75, 3.05) is 5.32 Å². The van der Waals surface area contributed by atoms with Gasteiger partial charge in [-0.1, -0.05) is 36.2 Å². The van der Waals surface area contributed by atoms with Gasteiger partial charge in [0.15, 0.2) is 0 Å². The number of anilines is 1. The van der Waals surface area contributed by atoms with Gasteiger partial charge >= 0.3 is 0 Å². The number of amides is 1. The molecule has 2 fully saturated rings. The zero-order valence-electron chi connectivity index (χ0n) is 14.5. The van der Waals surface area contributed by atoms with Crippen molar-refractivity contribution >= 4 is 29.1 Å². The molecule has 1 aromatic carbocycles. The molecule has 2 aromatic rings. The molecule has 4 rings (SSSR count). The van der Waals surface area contributed by atoms with Crippen molar-refractivity contribution < 1.29 is 9.59 Å². The molecule has 2 aliphatic rings. The lowest BCUT2D eigenvalue weighted by atomic mass is 9.67. The molecule has 1 N–H and O–H groups in total. The number of hydrogen-bond donors (Lipinski definition) is 1. The van der Waals surface area contributed by atoms with Crippen LogP contribution in [0.25, 0.3) is 0 Å².